The third-order valence-electron chi connectivity index (χ3n) is 4.22. The van der Waals surface area contributed by atoms with Gasteiger partial charge in [-0.2, -0.15) is 0 Å². The molecule has 23 heavy (non-hydrogen) atoms. The van der Waals surface area contributed by atoms with E-state index in [9.17, 15) is 9.90 Å². The number of aliphatic hydroxyl groups excluding tert-OH is 1. The topological polar surface area (TPSA) is 65.0 Å². The van der Waals surface area contributed by atoms with Crippen molar-refractivity contribution < 1.29 is 24.1 Å². The Balaban J connectivity index is 2.50. The third kappa shape index (κ3) is 7.08. The van der Waals surface area contributed by atoms with E-state index in [4.69, 9.17) is 14.2 Å². The van der Waals surface area contributed by atoms with E-state index < -0.39 is 0 Å². The van der Waals surface area contributed by atoms with E-state index in [1.807, 2.05) is 0 Å². The van der Waals surface area contributed by atoms with Crippen molar-refractivity contribution in [1.29, 1.82) is 0 Å². The molecule has 1 aliphatic heterocycles. The molecule has 0 amide bonds. The maximum absolute atomic E-state index is 11.2. The predicted octanol–water partition coefficient (Wildman–Crippen LogP) is 3.90. The zero-order valence-electron chi connectivity index (χ0n) is 15.0. The SMILES string of the molecule is COC(/C=C(/O)CC(C)CCCC(C)(C)OC)=C1COC(=O)C1. The Morgan fingerprint density at radius 1 is 1.43 bits per heavy atom. The standard InChI is InChI=1S/C18H30O5/c1-13(7-6-8-18(2,3)22-5)9-15(19)11-16(21-4)14-10-17(20)23-12-14/h11,13,19H,6-10,12H2,1-5H3/b15-11+,16-14?. The van der Waals surface area contributed by atoms with Gasteiger partial charge in [0.1, 0.15) is 12.4 Å². The van der Waals surface area contributed by atoms with Gasteiger partial charge in [0.2, 0.25) is 0 Å². The number of carbonyl (C=O) groups excluding carboxylic acids is 1. The van der Waals surface area contributed by atoms with Gasteiger partial charge in [-0.15, -0.1) is 0 Å². The summed E-state index contributed by atoms with van der Waals surface area (Å²) in [6, 6.07) is 0. The lowest BCUT2D eigenvalue weighted by molar-refractivity contribution is -0.137. The normalized spacial score (nSPS) is 19.5. The summed E-state index contributed by atoms with van der Waals surface area (Å²) < 4.78 is 15.6. The highest BCUT2D eigenvalue weighted by atomic mass is 16.5. The Bertz CT molecular complexity index is 462. The van der Waals surface area contributed by atoms with Gasteiger partial charge in [0, 0.05) is 25.2 Å². The van der Waals surface area contributed by atoms with Crippen molar-refractivity contribution in [3.05, 3.63) is 23.2 Å². The Kier molecular flexibility index (Phi) is 7.62. The van der Waals surface area contributed by atoms with E-state index in [1.165, 1.54) is 7.11 Å². The number of carbonyl (C=O) groups is 1. The fourth-order valence-electron chi connectivity index (χ4n) is 2.56. The summed E-state index contributed by atoms with van der Waals surface area (Å²) >= 11 is 0. The minimum atomic E-state index is -0.253. The van der Waals surface area contributed by atoms with Crippen molar-refractivity contribution in [3.63, 3.8) is 0 Å². The van der Waals surface area contributed by atoms with Crippen LogP contribution in [0.3, 0.4) is 0 Å². The monoisotopic (exact) mass is 326 g/mol. The minimum Gasteiger partial charge on any atom is -0.512 e. The lowest BCUT2D eigenvalue weighted by atomic mass is 9.94. The highest BCUT2D eigenvalue weighted by Crippen LogP contribution is 2.24. The van der Waals surface area contributed by atoms with Gasteiger partial charge in [-0.25, -0.2) is 0 Å². The highest BCUT2D eigenvalue weighted by Gasteiger charge is 2.21. The molecule has 0 spiro atoms. The van der Waals surface area contributed by atoms with E-state index in [0.717, 1.165) is 24.8 Å². The van der Waals surface area contributed by atoms with Crippen molar-refractivity contribution in [2.45, 2.75) is 58.5 Å². The van der Waals surface area contributed by atoms with Crippen LogP contribution < -0.4 is 0 Å². The van der Waals surface area contributed by atoms with Crippen LogP contribution in [-0.4, -0.2) is 37.5 Å². The average molecular weight is 326 g/mol. The molecule has 0 radical (unpaired) electrons. The molecule has 0 aliphatic carbocycles. The molecule has 132 valence electrons. The van der Waals surface area contributed by atoms with Gasteiger partial charge in [-0.3, -0.25) is 4.79 Å². The molecule has 1 N–H and O–H groups in total. The van der Waals surface area contributed by atoms with Crippen molar-refractivity contribution in [3.8, 4) is 0 Å². The maximum atomic E-state index is 11.2. The molecule has 1 aliphatic rings. The number of aliphatic hydroxyl groups is 1. The maximum Gasteiger partial charge on any atom is 0.310 e. The molecule has 1 rings (SSSR count). The van der Waals surface area contributed by atoms with Crippen LogP contribution in [0, 0.1) is 5.92 Å². The number of ether oxygens (including phenoxy) is 3. The molecular weight excluding hydrogens is 296 g/mol. The summed E-state index contributed by atoms with van der Waals surface area (Å²) in [6.45, 7) is 6.52. The first kappa shape index (κ1) is 19.6. The molecule has 1 heterocycles. The number of esters is 1. The summed E-state index contributed by atoms with van der Waals surface area (Å²) in [5.41, 5.74) is 0.679. The molecule has 0 aromatic rings. The van der Waals surface area contributed by atoms with Crippen molar-refractivity contribution in [2.75, 3.05) is 20.8 Å². The second kappa shape index (κ2) is 8.96. The second-order valence-corrected chi connectivity index (χ2v) is 6.81. The van der Waals surface area contributed by atoms with E-state index in [2.05, 4.69) is 20.8 Å². The van der Waals surface area contributed by atoms with Gasteiger partial charge in [0.25, 0.3) is 0 Å². The summed E-state index contributed by atoms with van der Waals surface area (Å²) in [6.07, 6.45) is 5.48. The molecule has 0 bridgehead atoms. The van der Waals surface area contributed by atoms with Crippen LogP contribution in [0.5, 0.6) is 0 Å². The van der Waals surface area contributed by atoms with Crippen LogP contribution in [0.15, 0.2) is 23.2 Å². The first-order chi connectivity index (χ1) is 10.8. The van der Waals surface area contributed by atoms with Crippen molar-refractivity contribution in [2.24, 2.45) is 5.92 Å². The zero-order chi connectivity index (χ0) is 17.5. The molecule has 0 saturated carbocycles. The van der Waals surface area contributed by atoms with Crippen LogP contribution >= 0.6 is 0 Å². The van der Waals surface area contributed by atoms with Gasteiger partial charge in [-0.1, -0.05) is 19.8 Å². The van der Waals surface area contributed by atoms with Gasteiger partial charge in [0.05, 0.1) is 24.9 Å². The molecule has 1 atom stereocenters. The third-order valence-corrected chi connectivity index (χ3v) is 4.22. The first-order valence-electron chi connectivity index (χ1n) is 8.13. The van der Waals surface area contributed by atoms with E-state index >= 15 is 0 Å². The number of hydrogen-bond acceptors (Lipinski definition) is 5. The van der Waals surface area contributed by atoms with E-state index in [0.29, 0.717) is 18.1 Å². The molecule has 0 aromatic carbocycles. The van der Waals surface area contributed by atoms with Crippen LogP contribution in [0.25, 0.3) is 0 Å². The number of allylic oxidation sites excluding steroid dienone is 2. The number of cyclic esters (lactones) is 1. The van der Waals surface area contributed by atoms with Gasteiger partial charge in [-0.05, 0) is 26.2 Å². The summed E-state index contributed by atoms with van der Waals surface area (Å²) in [5.74, 6) is 0.910. The Morgan fingerprint density at radius 2 is 2.13 bits per heavy atom. The largest absolute Gasteiger partial charge is 0.512 e. The van der Waals surface area contributed by atoms with Gasteiger partial charge in [0.15, 0.2) is 0 Å². The second-order valence-electron chi connectivity index (χ2n) is 6.81. The summed E-state index contributed by atoms with van der Waals surface area (Å²) in [7, 11) is 3.26. The van der Waals surface area contributed by atoms with E-state index in [-0.39, 0.29) is 30.4 Å². The molecule has 1 saturated heterocycles. The van der Waals surface area contributed by atoms with Crippen LogP contribution in [0.4, 0.5) is 0 Å². The van der Waals surface area contributed by atoms with Crippen molar-refractivity contribution in [1.82, 2.24) is 0 Å². The molecular formula is C18H30O5. The Morgan fingerprint density at radius 3 is 2.65 bits per heavy atom. The molecule has 1 unspecified atom stereocenters. The van der Waals surface area contributed by atoms with Crippen LogP contribution in [0.1, 0.15) is 52.9 Å². The average Bonchev–Trinajstić information content (AvgIpc) is 2.91. The fraction of sp³-hybridized carbons (Fsp3) is 0.722. The van der Waals surface area contributed by atoms with Gasteiger partial charge >= 0.3 is 5.97 Å². The van der Waals surface area contributed by atoms with Gasteiger partial charge < -0.3 is 19.3 Å². The number of rotatable bonds is 9. The van der Waals surface area contributed by atoms with Crippen molar-refractivity contribution >= 4 is 5.97 Å². The smallest absolute Gasteiger partial charge is 0.310 e. The first-order valence-corrected chi connectivity index (χ1v) is 8.13. The number of hydrogen-bond donors (Lipinski definition) is 1. The lowest BCUT2D eigenvalue weighted by Gasteiger charge is -2.23. The molecule has 1 fully saturated rings. The zero-order valence-corrected chi connectivity index (χ0v) is 15.0. The quantitative estimate of drug-likeness (QED) is 0.514. The van der Waals surface area contributed by atoms with Crippen LogP contribution in [0.2, 0.25) is 0 Å². The Hall–Kier alpha value is -1.49. The number of methoxy groups -OCH3 is 2. The summed E-state index contributed by atoms with van der Waals surface area (Å²) in [5, 5.41) is 10.1. The molecule has 0 aromatic heterocycles. The Labute approximate surface area is 139 Å². The fourth-order valence-corrected chi connectivity index (χ4v) is 2.56. The van der Waals surface area contributed by atoms with Crippen LogP contribution in [-0.2, 0) is 19.0 Å². The van der Waals surface area contributed by atoms with E-state index in [1.54, 1.807) is 13.2 Å². The minimum absolute atomic E-state index is 0.0970. The lowest BCUT2D eigenvalue weighted by Crippen LogP contribution is -2.22. The highest BCUT2D eigenvalue weighted by molar-refractivity contribution is 5.75. The molecule has 5 heteroatoms. The molecule has 5 nitrogen and oxygen atoms in total. The summed E-state index contributed by atoms with van der Waals surface area (Å²) in [4.78, 5) is 11.2. The predicted molar refractivity (Wildman–Crippen MR) is 89.0 cm³/mol.